The summed E-state index contributed by atoms with van der Waals surface area (Å²) in [6.45, 7) is 3.43. The van der Waals surface area contributed by atoms with Gasteiger partial charge in [-0.15, -0.1) is 0 Å². The van der Waals surface area contributed by atoms with Gasteiger partial charge in [-0.25, -0.2) is 0 Å². The lowest BCUT2D eigenvalue weighted by molar-refractivity contribution is -0.141. The van der Waals surface area contributed by atoms with Gasteiger partial charge in [-0.1, -0.05) is 0 Å². The zero-order chi connectivity index (χ0) is 14.1. The van der Waals surface area contributed by atoms with Crippen LogP contribution in [0.4, 0.5) is 0 Å². The van der Waals surface area contributed by atoms with Crippen molar-refractivity contribution in [2.24, 2.45) is 5.92 Å². The Morgan fingerprint density at radius 3 is 2.15 bits per heavy atom. The smallest absolute Gasteiger partial charge is 0.239 e. The molecule has 0 radical (unpaired) electrons. The van der Waals surface area contributed by atoms with E-state index in [1.54, 1.807) is 7.11 Å². The van der Waals surface area contributed by atoms with E-state index >= 15 is 0 Å². The standard InChI is InChI=1S/C14H23N3O3/c1-20-11-8-12(15-9-11)14(19)17-6-4-16(5-7-17)13(18)10-2-3-10/h10-12,15H,2-9H2,1H3. The Morgan fingerprint density at radius 2 is 1.65 bits per heavy atom. The van der Waals surface area contributed by atoms with Crippen molar-refractivity contribution in [3.05, 3.63) is 0 Å². The van der Waals surface area contributed by atoms with Crippen LogP contribution < -0.4 is 5.32 Å². The average Bonchev–Trinajstić information content (AvgIpc) is 3.23. The number of amides is 2. The van der Waals surface area contributed by atoms with Crippen molar-refractivity contribution in [2.75, 3.05) is 39.8 Å². The van der Waals surface area contributed by atoms with Gasteiger partial charge in [0.1, 0.15) is 0 Å². The minimum absolute atomic E-state index is 0.120. The van der Waals surface area contributed by atoms with Gasteiger partial charge in [0, 0.05) is 45.8 Å². The van der Waals surface area contributed by atoms with Gasteiger partial charge < -0.3 is 19.9 Å². The van der Waals surface area contributed by atoms with E-state index in [-0.39, 0.29) is 29.9 Å². The molecule has 0 bridgehead atoms. The second kappa shape index (κ2) is 5.69. The monoisotopic (exact) mass is 281 g/mol. The third-order valence-electron chi connectivity index (χ3n) is 4.55. The molecule has 2 unspecified atom stereocenters. The van der Waals surface area contributed by atoms with E-state index in [0.29, 0.717) is 26.2 Å². The maximum Gasteiger partial charge on any atom is 0.239 e. The zero-order valence-electron chi connectivity index (χ0n) is 12.0. The maximum absolute atomic E-state index is 12.4. The number of ether oxygens (including phenoxy) is 1. The largest absolute Gasteiger partial charge is 0.380 e. The molecule has 1 N–H and O–H groups in total. The first-order valence-corrected chi connectivity index (χ1v) is 7.53. The quantitative estimate of drug-likeness (QED) is 0.753. The predicted octanol–water partition coefficient (Wildman–Crippen LogP) is -0.556. The molecular weight excluding hydrogens is 258 g/mol. The van der Waals surface area contributed by atoms with Crippen molar-refractivity contribution in [3.8, 4) is 0 Å². The summed E-state index contributed by atoms with van der Waals surface area (Å²) in [5.41, 5.74) is 0. The van der Waals surface area contributed by atoms with Gasteiger partial charge in [0.25, 0.3) is 0 Å². The summed E-state index contributed by atoms with van der Waals surface area (Å²) in [6, 6.07) is -0.120. The van der Waals surface area contributed by atoms with Crippen molar-refractivity contribution in [1.82, 2.24) is 15.1 Å². The van der Waals surface area contributed by atoms with Crippen LogP contribution >= 0.6 is 0 Å². The minimum atomic E-state index is -0.120. The topological polar surface area (TPSA) is 61.9 Å². The maximum atomic E-state index is 12.4. The summed E-state index contributed by atoms with van der Waals surface area (Å²) in [6.07, 6.45) is 2.98. The van der Waals surface area contributed by atoms with Crippen LogP contribution in [0.1, 0.15) is 19.3 Å². The Balaban J connectivity index is 1.48. The Hall–Kier alpha value is -1.14. The summed E-state index contributed by atoms with van der Waals surface area (Å²) in [5, 5.41) is 3.22. The Kier molecular flexibility index (Phi) is 3.94. The van der Waals surface area contributed by atoms with E-state index in [4.69, 9.17) is 4.74 Å². The summed E-state index contributed by atoms with van der Waals surface area (Å²) in [7, 11) is 1.68. The summed E-state index contributed by atoms with van der Waals surface area (Å²) in [5.74, 6) is 0.717. The van der Waals surface area contributed by atoms with Crippen LogP contribution in [-0.2, 0) is 14.3 Å². The van der Waals surface area contributed by atoms with Crippen molar-refractivity contribution < 1.29 is 14.3 Å². The SMILES string of the molecule is COC1CNC(C(=O)N2CCN(C(=O)C3CC3)CC2)C1. The van der Waals surface area contributed by atoms with Gasteiger partial charge in [0.2, 0.25) is 11.8 Å². The van der Waals surface area contributed by atoms with Crippen LogP contribution in [0.5, 0.6) is 0 Å². The molecule has 6 heteroatoms. The minimum Gasteiger partial charge on any atom is -0.380 e. The molecule has 2 atom stereocenters. The Labute approximate surface area is 119 Å². The number of piperazine rings is 1. The predicted molar refractivity (Wildman–Crippen MR) is 73.1 cm³/mol. The summed E-state index contributed by atoms with van der Waals surface area (Å²) in [4.78, 5) is 28.2. The van der Waals surface area contributed by atoms with Crippen LogP contribution in [0.15, 0.2) is 0 Å². The van der Waals surface area contributed by atoms with Crippen LogP contribution in [0, 0.1) is 5.92 Å². The van der Waals surface area contributed by atoms with Gasteiger partial charge >= 0.3 is 0 Å². The Bertz CT molecular complexity index is 389. The molecule has 3 rings (SSSR count). The highest BCUT2D eigenvalue weighted by Gasteiger charge is 2.37. The molecule has 2 amide bonds. The lowest BCUT2D eigenvalue weighted by Gasteiger charge is -2.36. The Morgan fingerprint density at radius 1 is 1.05 bits per heavy atom. The number of carbonyl (C=O) groups excluding carboxylic acids is 2. The van der Waals surface area contributed by atoms with Gasteiger partial charge in [-0.3, -0.25) is 9.59 Å². The molecule has 1 aliphatic carbocycles. The molecule has 3 aliphatic rings. The molecule has 6 nitrogen and oxygen atoms in total. The third kappa shape index (κ3) is 2.81. The zero-order valence-corrected chi connectivity index (χ0v) is 12.0. The highest BCUT2D eigenvalue weighted by atomic mass is 16.5. The molecule has 112 valence electrons. The molecule has 1 saturated carbocycles. The van der Waals surface area contributed by atoms with Crippen molar-refractivity contribution in [2.45, 2.75) is 31.4 Å². The van der Waals surface area contributed by atoms with Crippen LogP contribution in [-0.4, -0.2) is 73.6 Å². The number of nitrogens with zero attached hydrogens (tertiary/aromatic N) is 2. The number of hydrogen-bond acceptors (Lipinski definition) is 4. The molecule has 3 fully saturated rings. The van der Waals surface area contributed by atoms with Crippen LogP contribution in [0.25, 0.3) is 0 Å². The molecular formula is C14H23N3O3. The first-order valence-electron chi connectivity index (χ1n) is 7.53. The van der Waals surface area contributed by atoms with Crippen molar-refractivity contribution >= 4 is 11.8 Å². The number of hydrogen-bond donors (Lipinski definition) is 1. The number of nitrogens with one attached hydrogen (secondary N) is 1. The van der Waals surface area contributed by atoms with Crippen LogP contribution in [0.2, 0.25) is 0 Å². The highest BCUT2D eigenvalue weighted by Crippen LogP contribution is 2.31. The van der Waals surface area contributed by atoms with Gasteiger partial charge in [-0.2, -0.15) is 0 Å². The highest BCUT2D eigenvalue weighted by molar-refractivity contribution is 5.84. The second-order valence-electron chi connectivity index (χ2n) is 5.98. The van der Waals surface area contributed by atoms with E-state index in [0.717, 1.165) is 25.8 Å². The first kappa shape index (κ1) is 13.8. The first-order chi connectivity index (χ1) is 9.69. The van der Waals surface area contributed by atoms with Crippen molar-refractivity contribution in [1.29, 1.82) is 0 Å². The normalized spacial score (nSPS) is 30.6. The van der Waals surface area contributed by atoms with Gasteiger partial charge in [0.15, 0.2) is 0 Å². The fourth-order valence-corrected chi connectivity index (χ4v) is 3.03. The van der Waals surface area contributed by atoms with Crippen molar-refractivity contribution in [3.63, 3.8) is 0 Å². The van der Waals surface area contributed by atoms with Gasteiger partial charge in [-0.05, 0) is 19.3 Å². The lowest BCUT2D eigenvalue weighted by Crippen LogP contribution is -2.54. The van der Waals surface area contributed by atoms with Crippen LogP contribution in [0.3, 0.4) is 0 Å². The molecule has 0 aromatic heterocycles. The summed E-state index contributed by atoms with van der Waals surface area (Å²) < 4.78 is 5.27. The number of methoxy groups -OCH3 is 1. The third-order valence-corrected chi connectivity index (χ3v) is 4.55. The average molecular weight is 281 g/mol. The molecule has 2 aliphatic heterocycles. The summed E-state index contributed by atoms with van der Waals surface area (Å²) >= 11 is 0. The molecule has 2 heterocycles. The fourth-order valence-electron chi connectivity index (χ4n) is 3.03. The van der Waals surface area contributed by atoms with E-state index in [1.807, 2.05) is 9.80 Å². The van der Waals surface area contributed by atoms with E-state index < -0.39 is 0 Å². The molecule has 0 spiro atoms. The van der Waals surface area contributed by atoms with E-state index in [9.17, 15) is 9.59 Å². The lowest BCUT2D eigenvalue weighted by atomic mass is 10.1. The van der Waals surface area contributed by atoms with E-state index in [2.05, 4.69) is 5.32 Å². The molecule has 0 aromatic carbocycles. The fraction of sp³-hybridized carbons (Fsp3) is 0.857. The second-order valence-corrected chi connectivity index (χ2v) is 5.98. The molecule has 2 saturated heterocycles. The number of rotatable bonds is 3. The molecule has 0 aromatic rings. The van der Waals surface area contributed by atoms with Gasteiger partial charge in [0.05, 0.1) is 12.1 Å². The molecule has 20 heavy (non-hydrogen) atoms. The van der Waals surface area contributed by atoms with E-state index in [1.165, 1.54) is 0 Å². The number of carbonyl (C=O) groups is 2.